The number of carbonyl (C=O) groups excluding carboxylic acids is 1. The highest BCUT2D eigenvalue weighted by molar-refractivity contribution is 5.85. The molecule has 1 aliphatic carbocycles. The maximum atomic E-state index is 12.4. The third-order valence-corrected chi connectivity index (χ3v) is 4.32. The summed E-state index contributed by atoms with van der Waals surface area (Å²) in [6, 6.07) is 3.73. The van der Waals surface area contributed by atoms with Gasteiger partial charge in [-0.1, -0.05) is 25.3 Å². The van der Waals surface area contributed by atoms with Crippen LogP contribution in [-0.2, 0) is 16.1 Å². The molecule has 2 rings (SSSR count). The second-order valence-electron chi connectivity index (χ2n) is 5.93. The van der Waals surface area contributed by atoms with E-state index in [1.807, 2.05) is 12.1 Å². The fraction of sp³-hybridized carbons (Fsp3) is 0.562. The van der Waals surface area contributed by atoms with Gasteiger partial charge in [0, 0.05) is 32.4 Å². The van der Waals surface area contributed by atoms with Gasteiger partial charge < -0.3 is 10.0 Å². The van der Waals surface area contributed by atoms with Gasteiger partial charge in [-0.15, -0.1) is 0 Å². The summed E-state index contributed by atoms with van der Waals surface area (Å²) in [6.45, 7) is 0.461. The van der Waals surface area contributed by atoms with Gasteiger partial charge in [0.25, 0.3) is 0 Å². The van der Waals surface area contributed by atoms with Gasteiger partial charge in [0.05, 0.1) is 5.41 Å². The highest BCUT2D eigenvalue weighted by atomic mass is 16.4. The Hall–Kier alpha value is -1.91. The molecule has 1 aromatic heterocycles. The van der Waals surface area contributed by atoms with E-state index in [1.54, 1.807) is 24.3 Å². The average molecular weight is 290 g/mol. The molecule has 1 aliphatic rings. The van der Waals surface area contributed by atoms with Crippen LogP contribution in [-0.4, -0.2) is 33.9 Å². The molecule has 1 saturated carbocycles. The Morgan fingerprint density at radius 2 is 2.05 bits per heavy atom. The Balaban J connectivity index is 2.00. The van der Waals surface area contributed by atoms with Crippen molar-refractivity contribution in [3.8, 4) is 0 Å². The monoisotopic (exact) mass is 290 g/mol. The molecule has 0 aliphatic heterocycles. The molecule has 0 aromatic carbocycles. The van der Waals surface area contributed by atoms with E-state index < -0.39 is 11.4 Å². The van der Waals surface area contributed by atoms with E-state index in [9.17, 15) is 14.7 Å². The highest BCUT2D eigenvalue weighted by Crippen LogP contribution is 2.40. The molecule has 0 unspecified atom stereocenters. The number of carboxylic acids is 1. The molecule has 5 heteroatoms. The summed E-state index contributed by atoms with van der Waals surface area (Å²) < 4.78 is 0. The van der Waals surface area contributed by atoms with Crippen LogP contribution in [0.15, 0.2) is 24.5 Å². The zero-order valence-electron chi connectivity index (χ0n) is 12.4. The van der Waals surface area contributed by atoms with Gasteiger partial charge in [0.1, 0.15) is 0 Å². The van der Waals surface area contributed by atoms with E-state index in [1.165, 1.54) is 0 Å². The second kappa shape index (κ2) is 6.70. The van der Waals surface area contributed by atoms with Crippen molar-refractivity contribution in [1.82, 2.24) is 9.88 Å². The summed E-state index contributed by atoms with van der Waals surface area (Å²) in [7, 11) is 1.72. The van der Waals surface area contributed by atoms with Crippen molar-refractivity contribution < 1.29 is 14.7 Å². The number of pyridine rings is 1. The fourth-order valence-electron chi connectivity index (χ4n) is 2.97. The van der Waals surface area contributed by atoms with Gasteiger partial charge in [-0.25, -0.2) is 0 Å². The number of aromatic nitrogens is 1. The molecule has 0 radical (unpaired) electrons. The Morgan fingerprint density at radius 3 is 2.62 bits per heavy atom. The van der Waals surface area contributed by atoms with Crippen LogP contribution in [0.4, 0.5) is 0 Å². The van der Waals surface area contributed by atoms with Crippen LogP contribution in [0, 0.1) is 5.41 Å². The Morgan fingerprint density at radius 1 is 1.33 bits per heavy atom. The fourth-order valence-corrected chi connectivity index (χ4v) is 2.97. The summed E-state index contributed by atoms with van der Waals surface area (Å²) in [5.74, 6) is -0.937. The van der Waals surface area contributed by atoms with E-state index in [2.05, 4.69) is 4.98 Å². The lowest BCUT2D eigenvalue weighted by molar-refractivity contribution is -0.155. The SMILES string of the molecule is CN(Cc1cccnc1)C(=O)CC1(C(=O)O)CCCCC1. The molecule has 1 amide bonds. The largest absolute Gasteiger partial charge is 0.481 e. The molecule has 0 spiro atoms. The first-order valence-electron chi connectivity index (χ1n) is 7.40. The lowest BCUT2D eigenvalue weighted by Gasteiger charge is -2.33. The zero-order valence-corrected chi connectivity index (χ0v) is 12.4. The van der Waals surface area contributed by atoms with Crippen molar-refractivity contribution in [2.75, 3.05) is 7.05 Å². The quantitative estimate of drug-likeness (QED) is 0.904. The topological polar surface area (TPSA) is 70.5 Å². The van der Waals surface area contributed by atoms with E-state index in [-0.39, 0.29) is 12.3 Å². The van der Waals surface area contributed by atoms with E-state index in [0.29, 0.717) is 19.4 Å². The van der Waals surface area contributed by atoms with Gasteiger partial charge in [0.15, 0.2) is 0 Å². The lowest BCUT2D eigenvalue weighted by Crippen LogP contribution is -2.39. The van der Waals surface area contributed by atoms with Crippen molar-refractivity contribution >= 4 is 11.9 Å². The summed E-state index contributed by atoms with van der Waals surface area (Å²) in [4.78, 5) is 29.6. The number of hydrogen-bond acceptors (Lipinski definition) is 3. The first-order valence-corrected chi connectivity index (χ1v) is 7.40. The second-order valence-corrected chi connectivity index (χ2v) is 5.93. The van der Waals surface area contributed by atoms with Gasteiger partial charge in [-0.05, 0) is 24.5 Å². The molecule has 0 atom stereocenters. The third kappa shape index (κ3) is 3.80. The van der Waals surface area contributed by atoms with E-state index >= 15 is 0 Å². The van der Waals surface area contributed by atoms with Crippen LogP contribution in [0.2, 0.25) is 0 Å². The van der Waals surface area contributed by atoms with Crippen LogP contribution in [0.1, 0.15) is 44.1 Å². The third-order valence-electron chi connectivity index (χ3n) is 4.32. The van der Waals surface area contributed by atoms with Gasteiger partial charge >= 0.3 is 5.97 Å². The molecule has 1 heterocycles. The molecule has 21 heavy (non-hydrogen) atoms. The molecular weight excluding hydrogens is 268 g/mol. The number of aliphatic carboxylic acids is 1. The van der Waals surface area contributed by atoms with Gasteiger partial charge in [-0.3, -0.25) is 14.6 Å². The van der Waals surface area contributed by atoms with Crippen LogP contribution >= 0.6 is 0 Å². The van der Waals surface area contributed by atoms with Crippen LogP contribution in [0.3, 0.4) is 0 Å². The van der Waals surface area contributed by atoms with Crippen LogP contribution in [0.5, 0.6) is 0 Å². The highest BCUT2D eigenvalue weighted by Gasteiger charge is 2.41. The summed E-state index contributed by atoms with van der Waals surface area (Å²) in [5, 5.41) is 9.53. The van der Waals surface area contributed by atoms with Crippen LogP contribution in [0.25, 0.3) is 0 Å². The van der Waals surface area contributed by atoms with Crippen molar-refractivity contribution in [2.24, 2.45) is 5.41 Å². The van der Waals surface area contributed by atoms with Crippen molar-refractivity contribution in [1.29, 1.82) is 0 Å². The molecule has 1 fully saturated rings. The Kier molecular flexibility index (Phi) is 4.94. The maximum Gasteiger partial charge on any atom is 0.310 e. The normalized spacial score (nSPS) is 17.2. The summed E-state index contributed by atoms with van der Waals surface area (Å²) in [6.07, 6.45) is 7.57. The zero-order chi connectivity index (χ0) is 15.3. The van der Waals surface area contributed by atoms with Crippen molar-refractivity contribution in [2.45, 2.75) is 45.1 Å². The molecule has 5 nitrogen and oxygen atoms in total. The minimum absolute atomic E-state index is 0.0963. The van der Waals surface area contributed by atoms with Gasteiger partial charge in [-0.2, -0.15) is 0 Å². The molecule has 0 bridgehead atoms. The molecule has 114 valence electrons. The van der Waals surface area contributed by atoms with Crippen molar-refractivity contribution in [3.63, 3.8) is 0 Å². The van der Waals surface area contributed by atoms with Crippen molar-refractivity contribution in [3.05, 3.63) is 30.1 Å². The predicted octanol–water partition coefficient (Wildman–Crippen LogP) is 2.47. The molecular formula is C16H22N2O3. The number of amides is 1. The number of hydrogen-bond donors (Lipinski definition) is 1. The number of rotatable bonds is 5. The summed E-state index contributed by atoms with van der Waals surface area (Å²) >= 11 is 0. The first-order chi connectivity index (χ1) is 10.0. The van der Waals surface area contributed by atoms with E-state index in [0.717, 1.165) is 24.8 Å². The smallest absolute Gasteiger partial charge is 0.310 e. The number of carbonyl (C=O) groups is 2. The lowest BCUT2D eigenvalue weighted by atomic mass is 9.71. The standard InChI is InChI=1S/C16H22N2O3/c1-18(12-13-6-5-9-17-11-13)14(19)10-16(15(20)21)7-3-2-4-8-16/h5-6,9,11H,2-4,7-8,10,12H2,1H3,(H,20,21). The molecule has 1 aromatic rings. The molecule has 0 saturated heterocycles. The minimum Gasteiger partial charge on any atom is -0.481 e. The average Bonchev–Trinajstić information content (AvgIpc) is 2.49. The Labute approximate surface area is 125 Å². The number of carboxylic acid groups (broad SMARTS) is 1. The van der Waals surface area contributed by atoms with E-state index in [4.69, 9.17) is 0 Å². The van der Waals surface area contributed by atoms with Gasteiger partial charge in [0.2, 0.25) is 5.91 Å². The molecule has 1 N–H and O–H groups in total. The maximum absolute atomic E-state index is 12.4. The predicted molar refractivity (Wildman–Crippen MR) is 78.5 cm³/mol. The number of nitrogens with zero attached hydrogens (tertiary/aromatic N) is 2. The van der Waals surface area contributed by atoms with Crippen LogP contribution < -0.4 is 0 Å². The Bertz CT molecular complexity index is 496. The summed E-state index contributed by atoms with van der Waals surface area (Å²) in [5.41, 5.74) is 0.0831. The first kappa shape index (κ1) is 15.5. The minimum atomic E-state index is -0.863.